The first kappa shape index (κ1) is 20.0. The molecular weight excluding hydrogens is 370 g/mol. The van der Waals surface area contributed by atoms with Crippen LogP contribution >= 0.6 is 0 Å². The highest BCUT2D eigenvalue weighted by Crippen LogP contribution is 2.33. The molecular formula is C25H29N5. The van der Waals surface area contributed by atoms with Crippen LogP contribution in [0.25, 0.3) is 17.0 Å². The molecule has 0 radical (unpaired) electrons. The van der Waals surface area contributed by atoms with Crippen LogP contribution in [0.15, 0.2) is 54.6 Å². The van der Waals surface area contributed by atoms with Crippen molar-refractivity contribution < 1.29 is 0 Å². The van der Waals surface area contributed by atoms with E-state index in [1.807, 2.05) is 21.0 Å². The lowest BCUT2D eigenvalue weighted by atomic mass is 10.0. The Labute approximate surface area is 178 Å². The first-order valence-electron chi connectivity index (χ1n) is 10.3. The lowest BCUT2D eigenvalue weighted by Gasteiger charge is -2.14. The van der Waals surface area contributed by atoms with Gasteiger partial charge in [-0.05, 0) is 55.7 Å². The molecule has 154 valence electrons. The largest absolute Gasteiger partial charge is 0.378 e. The normalized spacial score (nSPS) is 11.3. The molecule has 0 amide bonds. The van der Waals surface area contributed by atoms with Crippen molar-refractivity contribution in [3.05, 3.63) is 71.5 Å². The van der Waals surface area contributed by atoms with Gasteiger partial charge in [0.15, 0.2) is 0 Å². The Morgan fingerprint density at radius 2 is 1.57 bits per heavy atom. The van der Waals surface area contributed by atoms with Crippen LogP contribution in [0.4, 0.5) is 17.2 Å². The minimum atomic E-state index is 0.509. The SMILES string of the molecule is Cc1cc(C)n2c(Nc3ccc(C(C)C)cc3)c(-c3ccc(N(C)C)cc3)nc2n1. The molecule has 0 bridgehead atoms. The maximum atomic E-state index is 4.90. The summed E-state index contributed by atoms with van der Waals surface area (Å²) in [6.45, 7) is 8.51. The van der Waals surface area contributed by atoms with Crippen molar-refractivity contribution in [1.82, 2.24) is 14.4 Å². The molecule has 0 saturated heterocycles. The first-order chi connectivity index (χ1) is 14.3. The van der Waals surface area contributed by atoms with E-state index < -0.39 is 0 Å². The molecule has 0 unspecified atom stereocenters. The van der Waals surface area contributed by atoms with Crippen LogP contribution in [0.1, 0.15) is 36.7 Å². The minimum Gasteiger partial charge on any atom is -0.378 e. The van der Waals surface area contributed by atoms with Gasteiger partial charge in [0.05, 0.1) is 0 Å². The van der Waals surface area contributed by atoms with Gasteiger partial charge in [-0.3, -0.25) is 4.40 Å². The van der Waals surface area contributed by atoms with Gasteiger partial charge in [0, 0.05) is 42.4 Å². The summed E-state index contributed by atoms with van der Waals surface area (Å²) in [5.74, 6) is 2.15. The number of imidazole rings is 1. The Morgan fingerprint density at radius 3 is 2.17 bits per heavy atom. The summed E-state index contributed by atoms with van der Waals surface area (Å²) in [5, 5.41) is 3.61. The molecule has 2 aromatic carbocycles. The zero-order valence-electron chi connectivity index (χ0n) is 18.6. The number of hydrogen-bond donors (Lipinski definition) is 1. The lowest BCUT2D eigenvalue weighted by molar-refractivity contribution is 0.867. The Bertz CT molecular complexity index is 1170. The van der Waals surface area contributed by atoms with Crippen molar-refractivity contribution in [2.24, 2.45) is 0 Å². The van der Waals surface area contributed by atoms with E-state index in [-0.39, 0.29) is 0 Å². The zero-order chi connectivity index (χ0) is 21.4. The summed E-state index contributed by atoms with van der Waals surface area (Å²) < 4.78 is 2.10. The summed E-state index contributed by atoms with van der Waals surface area (Å²) in [5.41, 5.74) is 7.54. The Hall–Kier alpha value is -3.34. The van der Waals surface area contributed by atoms with Gasteiger partial charge in [-0.2, -0.15) is 0 Å². The average Bonchev–Trinajstić information content (AvgIpc) is 3.06. The van der Waals surface area contributed by atoms with Crippen LogP contribution in [-0.2, 0) is 0 Å². The lowest BCUT2D eigenvalue weighted by Crippen LogP contribution is -2.08. The fourth-order valence-corrected chi connectivity index (χ4v) is 3.70. The predicted molar refractivity (Wildman–Crippen MR) is 126 cm³/mol. The average molecular weight is 400 g/mol. The van der Waals surface area contributed by atoms with E-state index in [4.69, 9.17) is 4.98 Å². The quantitative estimate of drug-likeness (QED) is 0.451. The molecule has 1 N–H and O–H groups in total. The van der Waals surface area contributed by atoms with Gasteiger partial charge in [-0.1, -0.05) is 38.1 Å². The number of aromatic nitrogens is 3. The minimum absolute atomic E-state index is 0.509. The third kappa shape index (κ3) is 3.75. The number of benzene rings is 2. The summed E-state index contributed by atoms with van der Waals surface area (Å²) in [4.78, 5) is 11.7. The van der Waals surface area contributed by atoms with E-state index in [9.17, 15) is 0 Å². The predicted octanol–water partition coefficient (Wildman–Crippen LogP) is 5.95. The molecule has 0 aliphatic heterocycles. The number of nitrogens with one attached hydrogen (secondary N) is 1. The van der Waals surface area contributed by atoms with Gasteiger partial charge >= 0.3 is 0 Å². The molecule has 4 rings (SSSR count). The molecule has 4 aromatic rings. The smallest absolute Gasteiger partial charge is 0.236 e. The second-order valence-electron chi connectivity index (χ2n) is 8.33. The van der Waals surface area contributed by atoms with Crippen molar-refractivity contribution in [3.63, 3.8) is 0 Å². The molecule has 0 fully saturated rings. The summed E-state index contributed by atoms with van der Waals surface area (Å²) in [7, 11) is 4.09. The van der Waals surface area contributed by atoms with Crippen LogP contribution in [0.2, 0.25) is 0 Å². The number of nitrogens with zero attached hydrogens (tertiary/aromatic N) is 4. The molecule has 0 aliphatic carbocycles. The van der Waals surface area contributed by atoms with E-state index >= 15 is 0 Å². The Kier molecular flexibility index (Phi) is 5.20. The second-order valence-corrected chi connectivity index (χ2v) is 8.33. The standard InChI is InChI=1S/C25H29N5/c1-16(2)19-7-11-21(12-8-19)27-24-23(20-9-13-22(14-10-20)29(5)6)28-25-26-17(3)15-18(4)30(24)25/h7-16,27H,1-6H3. The van der Waals surface area contributed by atoms with Crippen molar-refractivity contribution in [3.8, 4) is 11.3 Å². The van der Waals surface area contributed by atoms with Crippen LogP contribution in [0, 0.1) is 13.8 Å². The highest BCUT2D eigenvalue weighted by atomic mass is 15.2. The molecule has 0 aliphatic rings. The molecule has 5 heteroatoms. The second kappa shape index (κ2) is 7.82. The Morgan fingerprint density at radius 1 is 0.900 bits per heavy atom. The van der Waals surface area contributed by atoms with Gasteiger partial charge in [0.1, 0.15) is 11.5 Å². The molecule has 0 spiro atoms. The molecule has 2 aromatic heterocycles. The van der Waals surface area contributed by atoms with Gasteiger partial charge < -0.3 is 10.2 Å². The van der Waals surface area contributed by atoms with Crippen LogP contribution in [-0.4, -0.2) is 28.5 Å². The van der Waals surface area contributed by atoms with Gasteiger partial charge in [-0.25, -0.2) is 9.97 Å². The molecule has 0 atom stereocenters. The Balaban J connectivity index is 1.84. The summed E-state index contributed by atoms with van der Waals surface area (Å²) in [6.07, 6.45) is 0. The summed E-state index contributed by atoms with van der Waals surface area (Å²) in [6, 6.07) is 19.2. The van der Waals surface area contributed by atoms with E-state index in [1.54, 1.807) is 0 Å². The zero-order valence-corrected chi connectivity index (χ0v) is 18.6. The summed E-state index contributed by atoms with van der Waals surface area (Å²) >= 11 is 0. The van der Waals surface area contributed by atoms with Gasteiger partial charge in [0.25, 0.3) is 0 Å². The van der Waals surface area contributed by atoms with Crippen LogP contribution in [0.5, 0.6) is 0 Å². The fourth-order valence-electron chi connectivity index (χ4n) is 3.70. The number of hydrogen-bond acceptors (Lipinski definition) is 4. The number of aryl methyl sites for hydroxylation is 2. The number of rotatable bonds is 5. The molecule has 5 nitrogen and oxygen atoms in total. The van der Waals surface area contributed by atoms with Crippen molar-refractivity contribution in [2.75, 3.05) is 24.3 Å². The van der Waals surface area contributed by atoms with E-state index in [2.05, 4.69) is 95.0 Å². The fraction of sp³-hybridized carbons (Fsp3) is 0.280. The molecule has 30 heavy (non-hydrogen) atoms. The topological polar surface area (TPSA) is 45.5 Å². The number of anilines is 3. The van der Waals surface area contributed by atoms with E-state index in [0.29, 0.717) is 11.7 Å². The van der Waals surface area contributed by atoms with Crippen molar-refractivity contribution >= 4 is 23.0 Å². The molecule has 0 saturated carbocycles. The monoisotopic (exact) mass is 399 g/mol. The van der Waals surface area contributed by atoms with Gasteiger partial charge in [0.2, 0.25) is 5.78 Å². The van der Waals surface area contributed by atoms with Crippen LogP contribution < -0.4 is 10.2 Å². The maximum absolute atomic E-state index is 4.90. The van der Waals surface area contributed by atoms with E-state index in [1.165, 1.54) is 5.56 Å². The van der Waals surface area contributed by atoms with Crippen molar-refractivity contribution in [1.29, 1.82) is 0 Å². The third-order valence-electron chi connectivity index (χ3n) is 5.40. The maximum Gasteiger partial charge on any atom is 0.236 e. The van der Waals surface area contributed by atoms with Gasteiger partial charge in [-0.15, -0.1) is 0 Å². The first-order valence-corrected chi connectivity index (χ1v) is 10.3. The van der Waals surface area contributed by atoms with E-state index in [0.717, 1.165) is 39.8 Å². The number of fused-ring (bicyclic) bond motifs is 1. The van der Waals surface area contributed by atoms with Crippen molar-refractivity contribution in [2.45, 2.75) is 33.6 Å². The molecule has 2 heterocycles. The highest BCUT2D eigenvalue weighted by Gasteiger charge is 2.17. The third-order valence-corrected chi connectivity index (χ3v) is 5.40. The highest BCUT2D eigenvalue weighted by molar-refractivity contribution is 5.80. The van der Waals surface area contributed by atoms with Crippen LogP contribution in [0.3, 0.4) is 0 Å².